The minimum absolute atomic E-state index is 0.247. The molecule has 0 radical (unpaired) electrons. The summed E-state index contributed by atoms with van der Waals surface area (Å²) in [4.78, 5) is 81.9. The molecule has 0 fully saturated rings. The lowest BCUT2D eigenvalue weighted by molar-refractivity contribution is 0.0697. The van der Waals surface area contributed by atoms with Crippen LogP contribution >= 0.6 is 0 Å². The Balaban J connectivity index is 0.000000104. The standard InChI is InChI=1S/C14H10N2O2.C14H12N2O.7C14H12N2/c17-14(18)10-6-2-1-5-9(10)13-15-11-7-3-4-8-12(11)16-13;1-17-13-9-5-2-6-10(13)14-15-11-7-3-4-8-12(11)16-14;3*1-10-5-4-6-11(9-10)14-15-12-7-2-3-8-13(12)16-14;2*1-10-6-2-3-7-11(10)14-15-12-8-4-5-9-13(12)16-14;2*1-10-6-8-11(9-7-10)14-15-12-4-2-3-5-13(12)16-14/h1-8H,(H,15,16)(H,17,18);2-9H,1H3,(H,15,16);7*2-9H,1H3,(H,15,16). The molecule has 10 N–H and O–H groups in total. The predicted molar refractivity (Wildman–Crippen MR) is 600 cm³/mol. The van der Waals surface area contributed by atoms with Gasteiger partial charge >= 0.3 is 5.97 Å². The maximum Gasteiger partial charge on any atom is 0.336 e. The van der Waals surface area contributed by atoms with E-state index in [1.54, 1.807) is 31.4 Å². The largest absolute Gasteiger partial charge is 0.496 e. The molecule has 21 nitrogen and oxygen atoms in total. The second-order valence-electron chi connectivity index (χ2n) is 35.4. The molecule has 0 aliphatic heterocycles. The first-order valence-corrected chi connectivity index (χ1v) is 48.4. The van der Waals surface area contributed by atoms with Gasteiger partial charge < -0.3 is 54.7 Å². The lowest BCUT2D eigenvalue weighted by Gasteiger charge is -2.04. The van der Waals surface area contributed by atoms with Crippen LogP contribution in [0.1, 0.15) is 49.3 Å². The van der Waals surface area contributed by atoms with Crippen molar-refractivity contribution in [3.63, 3.8) is 0 Å². The molecule has 718 valence electrons. The first-order chi connectivity index (χ1) is 72.0. The van der Waals surface area contributed by atoms with Gasteiger partial charge in [-0.3, -0.25) is 0 Å². The molecule has 0 aliphatic carbocycles. The number of methoxy groups -OCH3 is 1. The number of carboxylic acid groups (broad SMARTS) is 1. The van der Waals surface area contributed by atoms with Crippen LogP contribution in [0.25, 0.3) is 202 Å². The SMILES string of the molecule is COc1ccccc1-c1nc2ccccc2[nH]1.Cc1ccc(-c2nc3ccccc3[nH]2)cc1.Cc1ccc(-c2nc3ccccc3[nH]2)cc1.Cc1cccc(-c2nc3ccccc3[nH]2)c1.Cc1cccc(-c2nc3ccccc3[nH]2)c1.Cc1cccc(-c2nc3ccccc3[nH]2)c1.Cc1ccccc1-c1nc2ccccc2[nH]1.Cc1ccccc1-c1nc2ccccc2[nH]1.O=C(O)c1ccccc1-c1nc2ccccc2[nH]1. The van der Waals surface area contributed by atoms with Gasteiger partial charge in [0.25, 0.3) is 0 Å². The number of carbonyl (C=O) groups is 1. The third-order valence-electron chi connectivity index (χ3n) is 24.6. The molecular weight excluding hydrogens is 1810 g/mol. The summed E-state index contributed by atoms with van der Waals surface area (Å²) in [5.41, 5.74) is 37.0. The molecule has 0 aliphatic rings. The van der Waals surface area contributed by atoms with Gasteiger partial charge in [0.2, 0.25) is 0 Å². The van der Waals surface area contributed by atoms with Gasteiger partial charge in [0.05, 0.1) is 118 Å². The van der Waals surface area contributed by atoms with E-state index in [4.69, 9.17) is 9.84 Å². The molecule has 21 heteroatoms. The first kappa shape index (κ1) is 96.3. The molecule has 27 aromatic rings. The summed E-state index contributed by atoms with van der Waals surface area (Å²) >= 11 is 0. The van der Waals surface area contributed by atoms with Crippen molar-refractivity contribution >= 4 is 105 Å². The quantitative estimate of drug-likeness (QED) is 0.0578. The van der Waals surface area contributed by atoms with Crippen molar-refractivity contribution in [2.45, 2.75) is 48.5 Å². The topological polar surface area (TPSA) is 305 Å². The van der Waals surface area contributed by atoms with Gasteiger partial charge in [-0.2, -0.15) is 0 Å². The third kappa shape index (κ3) is 23.7. The number of hydrogen-bond donors (Lipinski definition) is 10. The minimum atomic E-state index is -0.953. The number of benzene rings is 18. The number of aromatic nitrogens is 18. The van der Waals surface area contributed by atoms with Crippen molar-refractivity contribution < 1.29 is 14.6 Å². The van der Waals surface area contributed by atoms with E-state index in [1.165, 1.54) is 50.1 Å². The van der Waals surface area contributed by atoms with Gasteiger partial charge in [-0.25, -0.2) is 49.7 Å². The van der Waals surface area contributed by atoms with Gasteiger partial charge in [-0.05, 0) is 205 Å². The number of aryl methyl sites for hydroxylation is 7. The van der Waals surface area contributed by atoms with Crippen molar-refractivity contribution in [3.05, 3.63) is 481 Å². The number of imidazole rings is 9. The minimum Gasteiger partial charge on any atom is -0.496 e. The highest BCUT2D eigenvalue weighted by molar-refractivity contribution is 5.96. The van der Waals surface area contributed by atoms with Crippen LogP contribution in [0.15, 0.2) is 437 Å². The number of hydrogen-bond acceptors (Lipinski definition) is 11. The Morgan fingerprint density at radius 3 is 0.667 bits per heavy atom. The fourth-order valence-electron chi connectivity index (χ4n) is 17.0. The van der Waals surface area contributed by atoms with E-state index >= 15 is 0 Å². The number of fused-ring (bicyclic) bond motifs is 9. The van der Waals surface area contributed by atoms with Gasteiger partial charge in [0, 0.05) is 44.5 Å². The Morgan fingerprint density at radius 2 is 0.408 bits per heavy atom. The predicted octanol–water partition coefficient (Wildman–Crippen LogP) is 30.9. The van der Waals surface area contributed by atoms with Crippen molar-refractivity contribution in [3.8, 4) is 108 Å². The Bertz CT molecular complexity index is 8360. The monoisotopic (exact) mass is 1920 g/mol. The first-order valence-electron chi connectivity index (χ1n) is 48.4. The van der Waals surface area contributed by atoms with E-state index in [1.807, 2.05) is 267 Å². The summed E-state index contributed by atoms with van der Waals surface area (Å²) in [5.74, 6) is 7.84. The summed E-state index contributed by atoms with van der Waals surface area (Å²) in [6.45, 7) is 14.6. The van der Waals surface area contributed by atoms with Crippen LogP contribution in [0.2, 0.25) is 0 Å². The molecule has 9 heterocycles. The second-order valence-corrected chi connectivity index (χ2v) is 35.4. The number of ether oxygens (including phenoxy) is 1. The van der Waals surface area contributed by atoms with Crippen LogP contribution in [0.5, 0.6) is 5.75 Å². The Morgan fingerprint density at radius 1 is 0.197 bits per heavy atom. The summed E-state index contributed by atoms with van der Waals surface area (Å²) < 4.78 is 5.34. The Labute approximate surface area is 849 Å². The average Bonchev–Trinajstić information content (AvgIpc) is 1.66. The molecule has 0 spiro atoms. The number of rotatable bonds is 11. The molecular formula is C126H106N18O3. The molecule has 0 saturated heterocycles. The highest BCUT2D eigenvalue weighted by Crippen LogP contribution is 2.34. The Kier molecular flexibility index (Phi) is 29.7. The molecule has 27 rings (SSSR count). The number of aromatic carboxylic acids is 1. The molecule has 18 aromatic carbocycles. The lowest BCUT2D eigenvalue weighted by atomic mass is 10.1. The van der Waals surface area contributed by atoms with Crippen LogP contribution < -0.4 is 4.74 Å². The molecule has 0 saturated carbocycles. The van der Waals surface area contributed by atoms with E-state index in [2.05, 4.69) is 284 Å². The van der Waals surface area contributed by atoms with Crippen molar-refractivity contribution in [1.82, 2.24) is 89.7 Å². The zero-order valence-corrected chi connectivity index (χ0v) is 82.4. The maximum absolute atomic E-state index is 11.2. The van der Waals surface area contributed by atoms with E-state index in [-0.39, 0.29) is 5.56 Å². The Hall–Kier alpha value is -19.5. The number of nitrogens with zero attached hydrogens (tertiary/aromatic N) is 9. The molecule has 0 bridgehead atoms. The summed E-state index contributed by atoms with van der Waals surface area (Å²) in [5, 5.41) is 9.16. The maximum atomic E-state index is 11.2. The van der Waals surface area contributed by atoms with Crippen LogP contribution in [-0.4, -0.2) is 108 Å². The molecule has 147 heavy (non-hydrogen) atoms. The smallest absolute Gasteiger partial charge is 0.336 e. The second kappa shape index (κ2) is 45.4. The van der Waals surface area contributed by atoms with E-state index in [0.29, 0.717) is 11.4 Å². The number of H-pyrrole nitrogens is 9. The van der Waals surface area contributed by atoms with Gasteiger partial charge in [-0.15, -0.1) is 0 Å². The highest BCUT2D eigenvalue weighted by Gasteiger charge is 2.18. The van der Waals surface area contributed by atoms with Crippen molar-refractivity contribution in [2.75, 3.05) is 7.11 Å². The fraction of sp³-hybridized carbons (Fsp3) is 0.0635. The number of nitrogens with one attached hydrogen (secondary N) is 9. The highest BCUT2D eigenvalue weighted by atomic mass is 16.5. The van der Waals surface area contributed by atoms with Gasteiger partial charge in [0.1, 0.15) is 58.2 Å². The molecule has 0 amide bonds. The molecule has 0 unspecified atom stereocenters. The lowest BCUT2D eigenvalue weighted by Crippen LogP contribution is -1.99. The van der Waals surface area contributed by atoms with Crippen LogP contribution in [0.3, 0.4) is 0 Å². The number of para-hydroxylation sites is 19. The van der Waals surface area contributed by atoms with E-state index < -0.39 is 5.97 Å². The van der Waals surface area contributed by atoms with E-state index in [9.17, 15) is 4.79 Å². The third-order valence-corrected chi connectivity index (χ3v) is 24.6. The average molecular weight is 1920 g/mol. The van der Waals surface area contributed by atoms with Crippen molar-refractivity contribution in [1.29, 1.82) is 0 Å². The van der Waals surface area contributed by atoms with Crippen LogP contribution in [0, 0.1) is 48.5 Å². The fourth-order valence-corrected chi connectivity index (χ4v) is 17.0. The van der Waals surface area contributed by atoms with Gasteiger partial charge in [-0.1, -0.05) is 319 Å². The van der Waals surface area contributed by atoms with E-state index in [0.717, 1.165) is 185 Å². The zero-order valence-electron chi connectivity index (χ0n) is 82.4. The summed E-state index contributed by atoms with van der Waals surface area (Å²) in [6.07, 6.45) is 0. The molecule has 9 aromatic heterocycles. The van der Waals surface area contributed by atoms with Crippen molar-refractivity contribution in [2.24, 2.45) is 0 Å². The van der Waals surface area contributed by atoms with Gasteiger partial charge in [0.15, 0.2) is 0 Å². The number of aromatic amines is 9. The van der Waals surface area contributed by atoms with Crippen LogP contribution in [-0.2, 0) is 0 Å². The summed E-state index contributed by atoms with van der Waals surface area (Å²) in [6, 6.07) is 145. The van der Waals surface area contributed by atoms with Crippen LogP contribution in [0.4, 0.5) is 0 Å². The zero-order chi connectivity index (χ0) is 101. The summed E-state index contributed by atoms with van der Waals surface area (Å²) in [7, 11) is 1.67. The molecule has 0 atom stereocenters. The number of carboxylic acids is 1. The normalized spacial score (nSPS) is 10.8.